The van der Waals surface area contributed by atoms with Crippen LogP contribution in [0.2, 0.25) is 0 Å². The molecule has 3 N–H and O–H groups in total. The number of hydrogen-bond acceptors (Lipinski definition) is 4. The highest BCUT2D eigenvalue weighted by Gasteiger charge is 2.24. The summed E-state index contributed by atoms with van der Waals surface area (Å²) in [5.74, 6) is -0.383. The fourth-order valence-corrected chi connectivity index (χ4v) is 2.43. The third-order valence-corrected chi connectivity index (χ3v) is 4.48. The zero-order valence-electron chi connectivity index (χ0n) is 9.81. The maximum absolute atomic E-state index is 13.5. The molecule has 0 heterocycles. The molecule has 0 saturated carbocycles. The molecule has 5 nitrogen and oxygen atoms in total. The number of nitrogens with one attached hydrogen (secondary N) is 1. The minimum absolute atomic E-state index is 0.189. The number of anilines is 1. The lowest BCUT2D eigenvalue weighted by Crippen LogP contribution is -2.35. The van der Waals surface area contributed by atoms with E-state index in [4.69, 9.17) is 10.5 Å². The number of thiocarbonyl (C=S) groups is 1. The van der Waals surface area contributed by atoms with Crippen LogP contribution in [0.25, 0.3) is 0 Å². The van der Waals surface area contributed by atoms with Crippen molar-refractivity contribution in [1.82, 2.24) is 0 Å². The molecule has 1 aromatic rings. The summed E-state index contributed by atoms with van der Waals surface area (Å²) in [5.41, 5.74) is 5.05. The summed E-state index contributed by atoms with van der Waals surface area (Å²) in [4.78, 5) is -0.189. The van der Waals surface area contributed by atoms with Crippen molar-refractivity contribution in [3.8, 4) is 5.75 Å². The number of halogens is 1. The summed E-state index contributed by atoms with van der Waals surface area (Å²) in [6.07, 6.45) is 0. The summed E-state index contributed by atoms with van der Waals surface area (Å²) >= 11 is 4.60. The average molecular weight is 292 g/mol. The van der Waals surface area contributed by atoms with Crippen LogP contribution in [0, 0.1) is 5.82 Å². The predicted octanol–water partition coefficient (Wildman–Crippen LogP) is 1.25. The molecule has 1 aromatic carbocycles. The van der Waals surface area contributed by atoms with E-state index < -0.39 is 21.1 Å². The highest BCUT2D eigenvalue weighted by Crippen LogP contribution is 2.22. The van der Waals surface area contributed by atoms with Gasteiger partial charge in [0.25, 0.3) is 0 Å². The molecule has 0 amide bonds. The molecule has 0 aliphatic rings. The van der Waals surface area contributed by atoms with E-state index in [0.717, 1.165) is 6.07 Å². The monoisotopic (exact) mass is 292 g/mol. The maximum atomic E-state index is 13.5. The minimum atomic E-state index is -3.87. The Hall–Kier alpha value is -1.41. The zero-order valence-corrected chi connectivity index (χ0v) is 11.4. The van der Waals surface area contributed by atoms with E-state index in [1.54, 1.807) is 0 Å². The molecule has 0 spiro atoms. The molecule has 0 fully saturated rings. The van der Waals surface area contributed by atoms with Gasteiger partial charge in [0.15, 0.2) is 0 Å². The van der Waals surface area contributed by atoms with Crippen LogP contribution in [-0.2, 0) is 10.0 Å². The summed E-state index contributed by atoms with van der Waals surface area (Å²) in [5, 5.41) is -1.10. The highest BCUT2D eigenvalue weighted by molar-refractivity contribution is 7.95. The van der Waals surface area contributed by atoms with E-state index in [-0.39, 0.29) is 10.7 Å². The van der Waals surface area contributed by atoms with Gasteiger partial charge in [-0.15, -0.1) is 0 Å². The van der Waals surface area contributed by atoms with Crippen molar-refractivity contribution < 1.29 is 17.5 Å². The van der Waals surface area contributed by atoms with E-state index in [2.05, 4.69) is 16.9 Å². The van der Waals surface area contributed by atoms with Crippen molar-refractivity contribution in [2.75, 3.05) is 11.8 Å². The quantitative estimate of drug-likeness (QED) is 0.798. The van der Waals surface area contributed by atoms with Crippen LogP contribution in [0.15, 0.2) is 18.2 Å². The normalized spacial score (nSPS) is 12.8. The molecular weight excluding hydrogens is 279 g/mol. The van der Waals surface area contributed by atoms with Gasteiger partial charge in [0.1, 0.15) is 16.8 Å². The minimum Gasteiger partial charge on any atom is -0.497 e. The fourth-order valence-electron chi connectivity index (χ4n) is 1.10. The van der Waals surface area contributed by atoms with Gasteiger partial charge in [-0.1, -0.05) is 12.2 Å². The number of hydrogen-bond donors (Lipinski definition) is 2. The molecule has 0 radical (unpaired) electrons. The van der Waals surface area contributed by atoms with Gasteiger partial charge in [-0.3, -0.25) is 4.72 Å². The van der Waals surface area contributed by atoms with Crippen LogP contribution in [-0.4, -0.2) is 25.8 Å². The Labute approximate surface area is 110 Å². The van der Waals surface area contributed by atoms with Crippen LogP contribution in [0.3, 0.4) is 0 Å². The van der Waals surface area contributed by atoms with Gasteiger partial charge in [-0.25, -0.2) is 12.8 Å². The molecule has 0 aliphatic carbocycles. The molecule has 1 rings (SSSR count). The molecule has 8 heteroatoms. The first-order chi connectivity index (χ1) is 8.27. The summed E-state index contributed by atoms with van der Waals surface area (Å²) in [6, 6.07) is 3.71. The summed E-state index contributed by atoms with van der Waals surface area (Å²) < 4.78 is 44.0. The molecule has 1 atom stereocenters. The van der Waals surface area contributed by atoms with E-state index in [1.165, 1.54) is 26.2 Å². The summed E-state index contributed by atoms with van der Waals surface area (Å²) in [7, 11) is -2.48. The largest absolute Gasteiger partial charge is 0.497 e. The third-order valence-electron chi connectivity index (χ3n) is 2.29. The predicted molar refractivity (Wildman–Crippen MR) is 71.7 cm³/mol. The number of benzene rings is 1. The number of rotatable bonds is 5. The van der Waals surface area contributed by atoms with Crippen molar-refractivity contribution in [3.05, 3.63) is 24.0 Å². The van der Waals surface area contributed by atoms with Crippen LogP contribution >= 0.6 is 12.2 Å². The standard InChI is InChI=1S/C10H13FN2O3S2/c1-6(10(12)17)18(14,15)13-9-5-7(16-2)3-4-8(9)11/h3-6,13H,1-2H3,(H2,12,17). The maximum Gasteiger partial charge on any atom is 0.241 e. The van der Waals surface area contributed by atoms with Gasteiger partial charge >= 0.3 is 0 Å². The molecule has 18 heavy (non-hydrogen) atoms. The van der Waals surface area contributed by atoms with Gasteiger partial charge in [-0.05, 0) is 19.1 Å². The topological polar surface area (TPSA) is 81.4 Å². The van der Waals surface area contributed by atoms with Gasteiger partial charge in [0, 0.05) is 6.07 Å². The van der Waals surface area contributed by atoms with Crippen LogP contribution < -0.4 is 15.2 Å². The number of ether oxygens (including phenoxy) is 1. The lowest BCUT2D eigenvalue weighted by molar-refractivity contribution is 0.414. The van der Waals surface area contributed by atoms with Gasteiger partial charge < -0.3 is 10.5 Å². The molecule has 1 unspecified atom stereocenters. The molecule has 0 bridgehead atoms. The first-order valence-corrected chi connectivity index (χ1v) is 6.88. The molecule has 100 valence electrons. The van der Waals surface area contributed by atoms with E-state index in [9.17, 15) is 12.8 Å². The Balaban J connectivity index is 3.07. The molecule has 0 aromatic heterocycles. The Morgan fingerprint density at radius 1 is 1.56 bits per heavy atom. The SMILES string of the molecule is COc1ccc(F)c(NS(=O)(=O)C(C)C(N)=S)c1. The second kappa shape index (κ2) is 5.49. The molecular formula is C10H13FN2O3S2. The van der Waals surface area contributed by atoms with Crippen molar-refractivity contribution >= 4 is 32.9 Å². The average Bonchev–Trinajstić information content (AvgIpc) is 2.30. The van der Waals surface area contributed by atoms with Gasteiger partial charge in [0.2, 0.25) is 10.0 Å². The van der Waals surface area contributed by atoms with E-state index in [0.29, 0.717) is 5.75 Å². The summed E-state index contributed by atoms with van der Waals surface area (Å²) in [6.45, 7) is 1.32. The van der Waals surface area contributed by atoms with E-state index in [1.807, 2.05) is 0 Å². The fraction of sp³-hybridized carbons (Fsp3) is 0.300. The second-order valence-corrected chi connectivity index (χ2v) is 6.01. The zero-order chi connectivity index (χ0) is 13.9. The Morgan fingerprint density at radius 2 is 2.17 bits per heavy atom. The third kappa shape index (κ3) is 3.30. The number of methoxy groups -OCH3 is 1. The Morgan fingerprint density at radius 3 is 2.67 bits per heavy atom. The smallest absolute Gasteiger partial charge is 0.241 e. The van der Waals surface area contributed by atoms with Crippen LogP contribution in [0.4, 0.5) is 10.1 Å². The highest BCUT2D eigenvalue weighted by atomic mass is 32.2. The molecule has 0 aliphatic heterocycles. The first-order valence-electron chi connectivity index (χ1n) is 4.92. The Kier molecular flexibility index (Phi) is 4.47. The number of nitrogens with two attached hydrogens (primary N) is 1. The van der Waals surface area contributed by atoms with Gasteiger partial charge in [0.05, 0.1) is 17.8 Å². The first kappa shape index (κ1) is 14.7. The van der Waals surface area contributed by atoms with Crippen molar-refractivity contribution in [2.45, 2.75) is 12.2 Å². The number of sulfonamides is 1. The van der Waals surface area contributed by atoms with Crippen LogP contribution in [0.1, 0.15) is 6.92 Å². The van der Waals surface area contributed by atoms with Crippen molar-refractivity contribution in [2.24, 2.45) is 5.73 Å². The molecule has 0 saturated heterocycles. The Bertz CT molecular complexity index is 560. The van der Waals surface area contributed by atoms with Crippen molar-refractivity contribution in [3.63, 3.8) is 0 Å². The van der Waals surface area contributed by atoms with Crippen LogP contribution in [0.5, 0.6) is 5.75 Å². The lowest BCUT2D eigenvalue weighted by atomic mass is 10.3. The van der Waals surface area contributed by atoms with Gasteiger partial charge in [-0.2, -0.15) is 0 Å². The lowest BCUT2D eigenvalue weighted by Gasteiger charge is -2.14. The second-order valence-electron chi connectivity index (χ2n) is 3.54. The van der Waals surface area contributed by atoms with Crippen molar-refractivity contribution in [1.29, 1.82) is 0 Å². The van der Waals surface area contributed by atoms with E-state index >= 15 is 0 Å².